The predicted octanol–water partition coefficient (Wildman–Crippen LogP) is 2.14. The van der Waals surface area contributed by atoms with E-state index in [1.54, 1.807) is 0 Å². The van der Waals surface area contributed by atoms with Crippen molar-refractivity contribution >= 4 is 0 Å². The first-order valence-electron chi connectivity index (χ1n) is 5.07. The molecule has 2 nitrogen and oxygen atoms in total. The van der Waals surface area contributed by atoms with Gasteiger partial charge in [0, 0.05) is 5.56 Å². The van der Waals surface area contributed by atoms with Crippen LogP contribution in [0.25, 0.3) is 0 Å². The molecule has 0 atom stereocenters. The molecule has 0 amide bonds. The van der Waals surface area contributed by atoms with Crippen LogP contribution in [0, 0.1) is 11.6 Å². The molecule has 1 aromatic rings. The van der Waals surface area contributed by atoms with Crippen LogP contribution in [-0.2, 0) is 0 Å². The summed E-state index contributed by atoms with van der Waals surface area (Å²) in [6.45, 7) is 1.70. The van der Waals surface area contributed by atoms with Crippen LogP contribution in [0.15, 0.2) is 12.1 Å². The lowest BCUT2D eigenvalue weighted by atomic mass is 9.89. The van der Waals surface area contributed by atoms with Gasteiger partial charge >= 0.3 is 0 Å². The molecule has 0 radical (unpaired) electrons. The lowest BCUT2D eigenvalue weighted by Gasteiger charge is -2.23. The summed E-state index contributed by atoms with van der Waals surface area (Å²) < 4.78 is 25.9. The molecule has 1 fully saturated rings. The zero-order chi connectivity index (χ0) is 10.8. The Morgan fingerprint density at radius 3 is 2.53 bits per heavy atom. The number of rotatable bonds is 1. The summed E-state index contributed by atoms with van der Waals surface area (Å²) in [6.07, 6.45) is 1.69. The fourth-order valence-corrected chi connectivity index (χ4v) is 2.02. The van der Waals surface area contributed by atoms with Gasteiger partial charge in [0.2, 0.25) is 5.82 Å². The maximum atomic E-state index is 13.1. The van der Waals surface area contributed by atoms with Gasteiger partial charge in [0.25, 0.3) is 0 Å². The summed E-state index contributed by atoms with van der Waals surface area (Å²) in [7, 11) is 0. The maximum Gasteiger partial charge on any atom is 0.200 e. The lowest BCUT2D eigenvalue weighted by molar-refractivity contribution is 0.383. The molecule has 0 unspecified atom stereocenters. The predicted molar refractivity (Wildman–Crippen MR) is 52.9 cm³/mol. The van der Waals surface area contributed by atoms with Crippen molar-refractivity contribution in [1.82, 2.24) is 5.32 Å². The van der Waals surface area contributed by atoms with E-state index in [9.17, 15) is 13.9 Å². The highest BCUT2D eigenvalue weighted by Gasteiger charge is 2.21. The van der Waals surface area contributed by atoms with E-state index in [4.69, 9.17) is 0 Å². The van der Waals surface area contributed by atoms with Gasteiger partial charge in [0.15, 0.2) is 11.6 Å². The molecule has 1 heterocycles. The number of aromatic hydroxyl groups is 1. The third kappa shape index (κ3) is 1.95. The standard InChI is InChI=1S/C11H13F2NO/c12-9-2-1-8(11(15)10(9)13)7-3-5-14-6-4-7/h1-2,7,14-15H,3-6H2. The Morgan fingerprint density at radius 1 is 1.20 bits per heavy atom. The number of benzene rings is 1. The molecule has 0 aromatic heterocycles. The highest BCUT2D eigenvalue weighted by Crippen LogP contribution is 2.34. The summed E-state index contributed by atoms with van der Waals surface area (Å²) >= 11 is 0. The Hall–Kier alpha value is -1.16. The van der Waals surface area contributed by atoms with Crippen molar-refractivity contribution in [2.45, 2.75) is 18.8 Å². The first-order chi connectivity index (χ1) is 7.20. The highest BCUT2D eigenvalue weighted by molar-refractivity contribution is 5.37. The van der Waals surface area contributed by atoms with Gasteiger partial charge < -0.3 is 10.4 Å². The normalized spacial score (nSPS) is 18.0. The minimum absolute atomic E-state index is 0.126. The molecule has 0 aliphatic carbocycles. The van der Waals surface area contributed by atoms with Crippen molar-refractivity contribution < 1.29 is 13.9 Å². The molecule has 2 rings (SSSR count). The molecular weight excluding hydrogens is 200 g/mol. The molecule has 15 heavy (non-hydrogen) atoms. The second kappa shape index (κ2) is 4.14. The van der Waals surface area contributed by atoms with Crippen LogP contribution < -0.4 is 5.32 Å². The third-order valence-electron chi connectivity index (χ3n) is 2.88. The fraction of sp³-hybridized carbons (Fsp3) is 0.455. The lowest BCUT2D eigenvalue weighted by Crippen LogP contribution is -2.26. The van der Waals surface area contributed by atoms with Crippen molar-refractivity contribution in [2.24, 2.45) is 0 Å². The van der Waals surface area contributed by atoms with Crippen LogP contribution in [-0.4, -0.2) is 18.2 Å². The van der Waals surface area contributed by atoms with Crippen LogP contribution in [0.4, 0.5) is 8.78 Å². The van der Waals surface area contributed by atoms with Crippen LogP contribution in [0.3, 0.4) is 0 Å². The zero-order valence-corrected chi connectivity index (χ0v) is 8.26. The Kier molecular flexibility index (Phi) is 2.86. The topological polar surface area (TPSA) is 32.3 Å². The van der Waals surface area contributed by atoms with Crippen LogP contribution >= 0.6 is 0 Å². The quantitative estimate of drug-likeness (QED) is 0.749. The number of phenolic OH excluding ortho intramolecular Hbond substituents is 1. The van der Waals surface area contributed by atoms with Gasteiger partial charge in [-0.1, -0.05) is 6.07 Å². The van der Waals surface area contributed by atoms with Gasteiger partial charge in [-0.15, -0.1) is 0 Å². The van der Waals surface area contributed by atoms with Gasteiger partial charge in [-0.25, -0.2) is 4.39 Å². The van der Waals surface area contributed by atoms with Gasteiger partial charge in [-0.05, 0) is 37.9 Å². The van der Waals surface area contributed by atoms with E-state index < -0.39 is 17.4 Å². The number of hydrogen-bond acceptors (Lipinski definition) is 2. The molecule has 1 aliphatic rings. The number of phenols is 1. The monoisotopic (exact) mass is 213 g/mol. The average molecular weight is 213 g/mol. The number of hydrogen-bond donors (Lipinski definition) is 2. The molecule has 0 spiro atoms. The maximum absolute atomic E-state index is 13.1. The van der Waals surface area contributed by atoms with E-state index in [0.29, 0.717) is 5.56 Å². The van der Waals surface area contributed by atoms with Gasteiger partial charge in [0.1, 0.15) is 0 Å². The molecule has 2 N–H and O–H groups in total. The van der Waals surface area contributed by atoms with Gasteiger partial charge in [-0.3, -0.25) is 0 Å². The van der Waals surface area contributed by atoms with Crippen LogP contribution in [0.1, 0.15) is 24.3 Å². The zero-order valence-electron chi connectivity index (χ0n) is 8.26. The summed E-state index contributed by atoms with van der Waals surface area (Å²) in [4.78, 5) is 0. The Labute approximate surface area is 86.9 Å². The second-order valence-electron chi connectivity index (χ2n) is 3.82. The van der Waals surface area contributed by atoms with Crippen molar-refractivity contribution in [2.75, 3.05) is 13.1 Å². The fourth-order valence-electron chi connectivity index (χ4n) is 2.02. The molecule has 82 valence electrons. The second-order valence-corrected chi connectivity index (χ2v) is 3.82. The van der Waals surface area contributed by atoms with E-state index in [0.717, 1.165) is 32.0 Å². The van der Waals surface area contributed by atoms with E-state index in [-0.39, 0.29) is 5.92 Å². The average Bonchev–Trinajstić information content (AvgIpc) is 2.27. The Balaban J connectivity index is 2.31. The molecule has 0 bridgehead atoms. The summed E-state index contributed by atoms with van der Waals surface area (Å²) in [5.41, 5.74) is 0.524. The molecule has 1 aromatic carbocycles. The first kappa shape index (κ1) is 10.4. The molecule has 1 aliphatic heterocycles. The smallest absolute Gasteiger partial charge is 0.200 e. The minimum atomic E-state index is -1.13. The summed E-state index contributed by atoms with van der Waals surface area (Å²) in [5.74, 6) is -2.53. The molecule has 1 saturated heterocycles. The van der Waals surface area contributed by atoms with Crippen LogP contribution in [0.2, 0.25) is 0 Å². The van der Waals surface area contributed by atoms with E-state index >= 15 is 0 Å². The number of piperidine rings is 1. The third-order valence-corrected chi connectivity index (χ3v) is 2.88. The van der Waals surface area contributed by atoms with Gasteiger partial charge in [0.05, 0.1) is 0 Å². The summed E-state index contributed by atoms with van der Waals surface area (Å²) in [5, 5.41) is 12.7. The summed E-state index contributed by atoms with van der Waals surface area (Å²) in [6, 6.07) is 2.55. The Bertz CT molecular complexity index is 362. The first-order valence-corrected chi connectivity index (χ1v) is 5.07. The number of nitrogens with one attached hydrogen (secondary N) is 1. The molecular formula is C11H13F2NO. The van der Waals surface area contributed by atoms with Crippen LogP contribution in [0.5, 0.6) is 5.75 Å². The highest BCUT2D eigenvalue weighted by atomic mass is 19.2. The minimum Gasteiger partial charge on any atom is -0.505 e. The van der Waals surface area contributed by atoms with E-state index in [1.807, 2.05) is 0 Å². The van der Waals surface area contributed by atoms with Crippen molar-refractivity contribution in [3.8, 4) is 5.75 Å². The molecule has 4 heteroatoms. The van der Waals surface area contributed by atoms with E-state index in [1.165, 1.54) is 6.07 Å². The van der Waals surface area contributed by atoms with Crippen molar-refractivity contribution in [3.05, 3.63) is 29.3 Å². The van der Waals surface area contributed by atoms with Crippen molar-refractivity contribution in [1.29, 1.82) is 0 Å². The van der Waals surface area contributed by atoms with Gasteiger partial charge in [-0.2, -0.15) is 4.39 Å². The number of halogens is 2. The van der Waals surface area contributed by atoms with E-state index in [2.05, 4.69) is 5.32 Å². The van der Waals surface area contributed by atoms with Crippen molar-refractivity contribution in [3.63, 3.8) is 0 Å². The Morgan fingerprint density at radius 2 is 1.87 bits per heavy atom. The SMILES string of the molecule is Oc1c(C2CCNCC2)ccc(F)c1F. The molecule has 0 saturated carbocycles. The largest absolute Gasteiger partial charge is 0.505 e.